The molecule has 0 amide bonds. The van der Waals surface area contributed by atoms with Crippen LogP contribution in [0.3, 0.4) is 0 Å². The lowest BCUT2D eigenvalue weighted by molar-refractivity contribution is 0.103. The standard InChI is InChI=1S/C15H12ClIO/c1-9-3-4-11(7-10(9)2)15(18)12-5-6-14(17)13(16)8-12/h3-8H,1-2H3. The number of rotatable bonds is 2. The zero-order valence-corrected chi connectivity index (χ0v) is 13.0. The van der Waals surface area contributed by atoms with Crippen molar-refractivity contribution >= 4 is 40.0 Å². The van der Waals surface area contributed by atoms with E-state index in [9.17, 15) is 4.79 Å². The Bertz CT molecular complexity index is 566. The van der Waals surface area contributed by atoms with E-state index in [2.05, 4.69) is 22.6 Å². The van der Waals surface area contributed by atoms with Crippen LogP contribution in [-0.4, -0.2) is 5.78 Å². The van der Waals surface area contributed by atoms with E-state index < -0.39 is 0 Å². The third-order valence-electron chi connectivity index (χ3n) is 2.95. The third kappa shape index (κ3) is 2.75. The SMILES string of the molecule is Cc1ccc(C(=O)c2ccc(I)c(Cl)c2)cc1C. The lowest BCUT2D eigenvalue weighted by atomic mass is 9.99. The number of benzene rings is 2. The highest BCUT2D eigenvalue weighted by atomic mass is 127. The summed E-state index contributed by atoms with van der Waals surface area (Å²) in [4.78, 5) is 12.3. The highest BCUT2D eigenvalue weighted by molar-refractivity contribution is 14.1. The molecule has 0 atom stereocenters. The molecule has 2 aromatic carbocycles. The number of carbonyl (C=O) groups is 1. The fourth-order valence-electron chi connectivity index (χ4n) is 1.69. The van der Waals surface area contributed by atoms with Crippen LogP contribution in [0.1, 0.15) is 27.0 Å². The molecule has 1 nitrogen and oxygen atoms in total. The van der Waals surface area contributed by atoms with Crippen LogP contribution in [0.2, 0.25) is 5.02 Å². The fraction of sp³-hybridized carbons (Fsp3) is 0.133. The molecule has 2 aromatic rings. The highest BCUT2D eigenvalue weighted by Gasteiger charge is 2.11. The molecule has 0 radical (unpaired) electrons. The maximum atomic E-state index is 12.3. The van der Waals surface area contributed by atoms with Gasteiger partial charge < -0.3 is 0 Å². The Kier molecular flexibility index (Phi) is 4.07. The molecule has 0 aliphatic heterocycles. The topological polar surface area (TPSA) is 17.1 Å². The molecule has 0 aromatic heterocycles. The smallest absolute Gasteiger partial charge is 0.193 e. The highest BCUT2D eigenvalue weighted by Crippen LogP contribution is 2.22. The van der Waals surface area contributed by atoms with Gasteiger partial charge in [-0.1, -0.05) is 23.7 Å². The van der Waals surface area contributed by atoms with Gasteiger partial charge in [0, 0.05) is 14.7 Å². The predicted octanol–water partition coefficient (Wildman–Crippen LogP) is 4.79. The summed E-state index contributed by atoms with van der Waals surface area (Å²) in [6.07, 6.45) is 0. The summed E-state index contributed by atoms with van der Waals surface area (Å²) in [5.41, 5.74) is 3.64. The summed E-state index contributed by atoms with van der Waals surface area (Å²) < 4.78 is 0.950. The molecule has 2 rings (SSSR count). The molecular weight excluding hydrogens is 359 g/mol. The van der Waals surface area contributed by atoms with E-state index in [1.165, 1.54) is 5.56 Å². The minimum Gasteiger partial charge on any atom is -0.289 e. The van der Waals surface area contributed by atoms with Crippen molar-refractivity contribution in [3.8, 4) is 0 Å². The second-order valence-corrected chi connectivity index (χ2v) is 5.83. The van der Waals surface area contributed by atoms with Crippen LogP contribution in [-0.2, 0) is 0 Å². The van der Waals surface area contributed by atoms with E-state index in [1.54, 1.807) is 6.07 Å². The Morgan fingerprint density at radius 3 is 2.22 bits per heavy atom. The van der Waals surface area contributed by atoms with Crippen LogP contribution in [0.4, 0.5) is 0 Å². The molecule has 0 unspecified atom stereocenters. The molecule has 0 fully saturated rings. The van der Waals surface area contributed by atoms with Gasteiger partial charge in [0.15, 0.2) is 5.78 Å². The van der Waals surface area contributed by atoms with Gasteiger partial charge in [-0.25, -0.2) is 0 Å². The molecule has 0 aliphatic rings. The van der Waals surface area contributed by atoms with E-state index in [0.717, 1.165) is 9.13 Å². The van der Waals surface area contributed by atoms with E-state index in [-0.39, 0.29) is 5.78 Å². The normalized spacial score (nSPS) is 10.4. The number of carbonyl (C=O) groups excluding carboxylic acids is 1. The minimum atomic E-state index is 0.0106. The Labute approximate surface area is 125 Å². The first-order valence-electron chi connectivity index (χ1n) is 5.56. The molecule has 3 heteroatoms. The average molecular weight is 371 g/mol. The summed E-state index contributed by atoms with van der Waals surface area (Å²) in [6, 6.07) is 11.1. The van der Waals surface area contributed by atoms with E-state index in [0.29, 0.717) is 16.1 Å². The molecule has 0 spiro atoms. The van der Waals surface area contributed by atoms with Crippen molar-refractivity contribution in [3.05, 3.63) is 67.2 Å². The van der Waals surface area contributed by atoms with Crippen LogP contribution in [0, 0.1) is 17.4 Å². The van der Waals surface area contributed by atoms with Crippen LogP contribution >= 0.6 is 34.2 Å². The molecule has 0 N–H and O–H groups in total. The third-order valence-corrected chi connectivity index (χ3v) is 4.52. The summed E-state index contributed by atoms with van der Waals surface area (Å²) in [7, 11) is 0. The lowest BCUT2D eigenvalue weighted by Crippen LogP contribution is -2.02. The zero-order valence-electron chi connectivity index (χ0n) is 10.1. The van der Waals surface area contributed by atoms with Gasteiger partial charge in [-0.15, -0.1) is 0 Å². The molecular formula is C15H12ClIO. The van der Waals surface area contributed by atoms with Gasteiger partial charge in [0.05, 0.1) is 5.02 Å². The van der Waals surface area contributed by atoms with Gasteiger partial charge in [-0.3, -0.25) is 4.79 Å². The average Bonchev–Trinajstić information content (AvgIpc) is 2.35. The first-order valence-corrected chi connectivity index (χ1v) is 7.01. The van der Waals surface area contributed by atoms with Crippen LogP contribution in [0.5, 0.6) is 0 Å². The van der Waals surface area contributed by atoms with Crippen LogP contribution in [0.15, 0.2) is 36.4 Å². The summed E-state index contributed by atoms with van der Waals surface area (Å²) in [5, 5.41) is 0.616. The van der Waals surface area contributed by atoms with Crippen molar-refractivity contribution in [2.75, 3.05) is 0 Å². The second-order valence-electron chi connectivity index (χ2n) is 4.26. The monoisotopic (exact) mass is 370 g/mol. The van der Waals surface area contributed by atoms with Crippen molar-refractivity contribution in [3.63, 3.8) is 0 Å². The molecule has 0 bridgehead atoms. The number of hydrogen-bond acceptors (Lipinski definition) is 1. The van der Waals surface area contributed by atoms with Gasteiger partial charge in [0.1, 0.15) is 0 Å². The van der Waals surface area contributed by atoms with E-state index >= 15 is 0 Å². The van der Waals surface area contributed by atoms with Gasteiger partial charge in [-0.2, -0.15) is 0 Å². The van der Waals surface area contributed by atoms with Crippen LogP contribution < -0.4 is 0 Å². The Morgan fingerprint density at radius 2 is 1.61 bits per heavy atom. The van der Waals surface area contributed by atoms with Crippen LogP contribution in [0.25, 0.3) is 0 Å². The number of aryl methyl sites for hydroxylation is 2. The molecule has 0 saturated heterocycles. The molecule has 0 saturated carbocycles. The second kappa shape index (κ2) is 5.41. The first kappa shape index (κ1) is 13.6. The van der Waals surface area contributed by atoms with Crippen molar-refractivity contribution in [1.82, 2.24) is 0 Å². The summed E-state index contributed by atoms with van der Waals surface area (Å²) in [5.74, 6) is 0.0106. The van der Waals surface area contributed by atoms with Gasteiger partial charge >= 0.3 is 0 Å². The Hall–Kier alpha value is -0.870. The quantitative estimate of drug-likeness (QED) is 0.548. The van der Waals surface area contributed by atoms with Crippen molar-refractivity contribution < 1.29 is 4.79 Å². The van der Waals surface area contributed by atoms with Crippen molar-refractivity contribution in [2.45, 2.75) is 13.8 Å². The van der Waals surface area contributed by atoms with E-state index in [1.807, 2.05) is 44.2 Å². The first-order chi connectivity index (χ1) is 8.49. The molecule has 92 valence electrons. The van der Waals surface area contributed by atoms with E-state index in [4.69, 9.17) is 11.6 Å². The maximum absolute atomic E-state index is 12.3. The predicted molar refractivity (Wildman–Crippen MR) is 83.5 cm³/mol. The van der Waals surface area contributed by atoms with Crippen molar-refractivity contribution in [1.29, 1.82) is 0 Å². The maximum Gasteiger partial charge on any atom is 0.193 e. The molecule has 0 aliphatic carbocycles. The number of ketones is 1. The lowest BCUT2D eigenvalue weighted by Gasteiger charge is -2.06. The minimum absolute atomic E-state index is 0.0106. The largest absolute Gasteiger partial charge is 0.289 e. The van der Waals surface area contributed by atoms with Crippen molar-refractivity contribution in [2.24, 2.45) is 0 Å². The molecule has 0 heterocycles. The Morgan fingerprint density at radius 1 is 1.00 bits per heavy atom. The number of halogens is 2. The van der Waals surface area contributed by atoms with Gasteiger partial charge in [0.25, 0.3) is 0 Å². The zero-order chi connectivity index (χ0) is 13.3. The Balaban J connectivity index is 2.41. The van der Waals surface area contributed by atoms with Gasteiger partial charge in [0.2, 0.25) is 0 Å². The summed E-state index contributed by atoms with van der Waals surface area (Å²) >= 11 is 8.19. The number of hydrogen-bond donors (Lipinski definition) is 0. The molecule has 18 heavy (non-hydrogen) atoms. The summed E-state index contributed by atoms with van der Waals surface area (Å²) in [6.45, 7) is 4.04. The fourth-order valence-corrected chi connectivity index (χ4v) is 2.20. The van der Waals surface area contributed by atoms with Gasteiger partial charge in [-0.05, 0) is 71.8 Å².